The Morgan fingerprint density at radius 1 is 0.912 bits per heavy atom. The van der Waals surface area contributed by atoms with E-state index in [9.17, 15) is 4.79 Å². The molecule has 0 spiro atoms. The molecule has 1 aliphatic rings. The number of aryl methyl sites for hydroxylation is 1. The highest BCUT2D eigenvalue weighted by atomic mass is 35.5. The highest BCUT2D eigenvalue weighted by Crippen LogP contribution is 2.38. The van der Waals surface area contributed by atoms with Gasteiger partial charge in [-0.3, -0.25) is 9.69 Å². The van der Waals surface area contributed by atoms with Crippen molar-refractivity contribution in [1.29, 1.82) is 0 Å². The predicted molar refractivity (Wildman–Crippen MR) is 142 cm³/mol. The zero-order valence-corrected chi connectivity index (χ0v) is 22.0. The molecule has 1 heterocycles. The molecule has 3 rings (SSSR count). The minimum absolute atomic E-state index is 0. The van der Waals surface area contributed by atoms with Crippen LogP contribution in [-0.4, -0.2) is 69.6 Å². The highest BCUT2D eigenvalue weighted by molar-refractivity contribution is 5.93. The van der Waals surface area contributed by atoms with Crippen molar-refractivity contribution < 1.29 is 19.0 Å². The van der Waals surface area contributed by atoms with E-state index in [2.05, 4.69) is 41.0 Å². The van der Waals surface area contributed by atoms with E-state index in [1.807, 2.05) is 12.1 Å². The van der Waals surface area contributed by atoms with Crippen molar-refractivity contribution in [2.24, 2.45) is 0 Å². The number of rotatable bonds is 10. The van der Waals surface area contributed by atoms with Gasteiger partial charge in [-0.15, -0.1) is 24.8 Å². The molecule has 1 aliphatic heterocycles. The Labute approximate surface area is 215 Å². The average Bonchev–Trinajstić information content (AvgIpc) is 2.81. The Bertz CT molecular complexity index is 919. The topological polar surface area (TPSA) is 51.2 Å². The van der Waals surface area contributed by atoms with E-state index in [0.717, 1.165) is 44.8 Å². The number of benzene rings is 2. The van der Waals surface area contributed by atoms with Crippen LogP contribution in [0.4, 0.5) is 0 Å². The van der Waals surface area contributed by atoms with Gasteiger partial charge in [-0.25, -0.2) is 0 Å². The molecule has 0 bridgehead atoms. The first kappa shape index (κ1) is 29.8. The summed E-state index contributed by atoms with van der Waals surface area (Å²) < 4.78 is 16.1. The second kappa shape index (κ2) is 14.9. The minimum Gasteiger partial charge on any atom is -0.493 e. The van der Waals surface area contributed by atoms with Crippen LogP contribution in [0.3, 0.4) is 0 Å². The molecule has 0 atom stereocenters. The molecule has 0 saturated carbocycles. The molecule has 2 aromatic rings. The molecule has 2 aromatic carbocycles. The fourth-order valence-corrected chi connectivity index (χ4v) is 3.98. The number of ether oxygens (including phenoxy) is 3. The molecular weight excluding hydrogens is 475 g/mol. The minimum atomic E-state index is 0. The van der Waals surface area contributed by atoms with Crippen molar-refractivity contribution in [3.05, 3.63) is 59.2 Å². The maximum Gasteiger partial charge on any atom is 0.203 e. The molecule has 0 aliphatic carbocycles. The molecule has 188 valence electrons. The van der Waals surface area contributed by atoms with E-state index in [1.54, 1.807) is 33.5 Å². The van der Waals surface area contributed by atoms with Gasteiger partial charge in [0.25, 0.3) is 0 Å². The normalized spacial score (nSPS) is 14.2. The fourth-order valence-electron chi connectivity index (χ4n) is 3.98. The van der Waals surface area contributed by atoms with Gasteiger partial charge in [-0.05, 0) is 36.3 Å². The molecule has 0 aromatic heterocycles. The summed E-state index contributed by atoms with van der Waals surface area (Å²) in [5, 5.41) is 0. The van der Waals surface area contributed by atoms with E-state index in [0.29, 0.717) is 23.7 Å². The summed E-state index contributed by atoms with van der Waals surface area (Å²) in [4.78, 5) is 17.3. The smallest absolute Gasteiger partial charge is 0.203 e. The van der Waals surface area contributed by atoms with Gasteiger partial charge in [0.15, 0.2) is 17.3 Å². The van der Waals surface area contributed by atoms with Gasteiger partial charge < -0.3 is 19.1 Å². The zero-order chi connectivity index (χ0) is 22.9. The van der Waals surface area contributed by atoms with Crippen LogP contribution in [0, 0.1) is 6.92 Å². The van der Waals surface area contributed by atoms with Gasteiger partial charge in [0.2, 0.25) is 5.75 Å². The van der Waals surface area contributed by atoms with Crippen molar-refractivity contribution in [3.63, 3.8) is 0 Å². The monoisotopic (exact) mass is 510 g/mol. The number of carbonyl (C=O) groups is 1. The van der Waals surface area contributed by atoms with Gasteiger partial charge in [0.05, 0.1) is 21.3 Å². The number of halogens is 2. The van der Waals surface area contributed by atoms with Crippen LogP contribution < -0.4 is 14.2 Å². The summed E-state index contributed by atoms with van der Waals surface area (Å²) in [7, 11) is 4.73. The van der Waals surface area contributed by atoms with Crippen LogP contribution in [0.5, 0.6) is 17.2 Å². The summed E-state index contributed by atoms with van der Waals surface area (Å²) in [5.41, 5.74) is 3.50. The van der Waals surface area contributed by atoms with Gasteiger partial charge in [0.1, 0.15) is 0 Å². The van der Waals surface area contributed by atoms with Crippen molar-refractivity contribution in [2.45, 2.75) is 19.9 Å². The lowest BCUT2D eigenvalue weighted by atomic mass is 10.1. The van der Waals surface area contributed by atoms with E-state index in [1.165, 1.54) is 11.1 Å². The van der Waals surface area contributed by atoms with Crippen molar-refractivity contribution in [1.82, 2.24) is 9.80 Å². The van der Waals surface area contributed by atoms with Crippen LogP contribution in [0.1, 0.15) is 23.1 Å². The quantitative estimate of drug-likeness (QED) is 0.433. The Morgan fingerprint density at radius 2 is 1.53 bits per heavy atom. The number of methoxy groups -OCH3 is 3. The third kappa shape index (κ3) is 8.51. The second-order valence-corrected chi connectivity index (χ2v) is 8.12. The molecule has 0 radical (unpaired) electrons. The van der Waals surface area contributed by atoms with Crippen LogP contribution in [-0.2, 0) is 11.3 Å². The molecule has 0 unspecified atom stereocenters. The largest absolute Gasteiger partial charge is 0.493 e. The van der Waals surface area contributed by atoms with E-state index >= 15 is 0 Å². The molecule has 1 saturated heterocycles. The van der Waals surface area contributed by atoms with Gasteiger partial charge in [-0.1, -0.05) is 35.9 Å². The van der Waals surface area contributed by atoms with Crippen molar-refractivity contribution in [3.8, 4) is 17.2 Å². The molecule has 0 amide bonds. The van der Waals surface area contributed by atoms with Crippen molar-refractivity contribution >= 4 is 36.7 Å². The summed E-state index contributed by atoms with van der Waals surface area (Å²) in [6.45, 7) is 7.97. The fraction of sp³-hybridized carbons (Fsp3) is 0.423. The number of piperazine rings is 1. The molecular formula is C26H36Cl2N2O4. The summed E-state index contributed by atoms with van der Waals surface area (Å²) in [6.07, 6.45) is 3.94. The first-order valence-corrected chi connectivity index (χ1v) is 11.0. The molecule has 0 N–H and O–H groups in total. The van der Waals surface area contributed by atoms with Gasteiger partial charge in [-0.2, -0.15) is 0 Å². The van der Waals surface area contributed by atoms with E-state index in [4.69, 9.17) is 14.2 Å². The van der Waals surface area contributed by atoms with Crippen LogP contribution in [0.2, 0.25) is 0 Å². The first-order chi connectivity index (χ1) is 15.5. The van der Waals surface area contributed by atoms with Crippen LogP contribution in [0.15, 0.2) is 42.5 Å². The predicted octanol–water partition coefficient (Wildman–Crippen LogP) is 4.65. The summed E-state index contributed by atoms with van der Waals surface area (Å²) in [6, 6.07) is 12.4. The third-order valence-electron chi connectivity index (χ3n) is 5.78. The van der Waals surface area contributed by atoms with Crippen LogP contribution in [0.25, 0.3) is 6.08 Å². The number of allylic oxidation sites excluding steroid dienone is 1. The maximum atomic E-state index is 12.4. The lowest BCUT2D eigenvalue weighted by Gasteiger charge is -2.34. The highest BCUT2D eigenvalue weighted by Gasteiger charge is 2.17. The molecule has 34 heavy (non-hydrogen) atoms. The maximum absolute atomic E-state index is 12.4. The third-order valence-corrected chi connectivity index (χ3v) is 5.78. The van der Waals surface area contributed by atoms with Crippen LogP contribution >= 0.6 is 24.8 Å². The van der Waals surface area contributed by atoms with Gasteiger partial charge >= 0.3 is 0 Å². The van der Waals surface area contributed by atoms with Crippen molar-refractivity contribution in [2.75, 3.05) is 54.1 Å². The lowest BCUT2D eigenvalue weighted by molar-refractivity contribution is -0.114. The summed E-state index contributed by atoms with van der Waals surface area (Å²) in [5.74, 6) is 1.80. The Hall–Kier alpha value is -2.25. The second-order valence-electron chi connectivity index (χ2n) is 8.12. The molecule has 6 nitrogen and oxygen atoms in total. The number of ketones is 1. The summed E-state index contributed by atoms with van der Waals surface area (Å²) >= 11 is 0. The zero-order valence-electron chi connectivity index (χ0n) is 20.4. The van der Waals surface area contributed by atoms with E-state index in [-0.39, 0.29) is 30.6 Å². The first-order valence-electron chi connectivity index (χ1n) is 11.0. The van der Waals surface area contributed by atoms with Gasteiger partial charge in [0, 0.05) is 45.7 Å². The van der Waals surface area contributed by atoms with E-state index < -0.39 is 0 Å². The number of nitrogens with zero attached hydrogens (tertiary/aromatic N) is 2. The Morgan fingerprint density at radius 3 is 2.09 bits per heavy atom. The molecule has 1 fully saturated rings. The Kier molecular flexibility index (Phi) is 13.0. The number of hydrogen-bond acceptors (Lipinski definition) is 6. The number of hydrogen-bond donors (Lipinski definition) is 0. The Balaban J connectivity index is 0.00000289. The number of carbonyl (C=O) groups excluding carboxylic acids is 1. The average molecular weight is 511 g/mol. The SMILES string of the molecule is COc1cc(/C=C/C(=O)CCN2CCN(Cc3cccc(C)c3)CC2)cc(OC)c1OC.Cl.Cl. The lowest BCUT2D eigenvalue weighted by Crippen LogP contribution is -2.46. The molecule has 8 heteroatoms. The standard InChI is InChI=1S/C26H34N2O4.2ClH/c1-20-6-5-7-22(16-20)19-28-14-12-27(13-15-28)11-10-23(29)9-8-21-17-24(30-2)26(32-4)25(18-21)31-3;;/h5-9,16-18H,10-15,19H2,1-4H3;2*1H/b9-8+;;.